The second-order valence-corrected chi connectivity index (χ2v) is 5.56. The number of benzene rings is 2. The van der Waals surface area contributed by atoms with E-state index in [0.717, 1.165) is 18.0 Å². The third-order valence-electron chi connectivity index (χ3n) is 4.14. The molecule has 1 heterocycles. The average molecular weight is 283 g/mol. The van der Waals surface area contributed by atoms with Crippen molar-refractivity contribution in [3.8, 4) is 11.5 Å². The molecule has 3 heteroatoms. The standard InChI is InChI=1S/C18H21NO2/c1-13(14(2)19-11-15-6-4-3-5-7-15)16-8-9-17-18(10-16)21-12-20-17/h3-10,13-14,19H,11-12H2,1-2H3/t13-,14+/m1/s1. The van der Waals surface area contributed by atoms with E-state index in [0.29, 0.717) is 18.8 Å². The van der Waals surface area contributed by atoms with Gasteiger partial charge in [0.25, 0.3) is 0 Å². The summed E-state index contributed by atoms with van der Waals surface area (Å²) in [6.07, 6.45) is 0. The third kappa shape index (κ3) is 3.19. The van der Waals surface area contributed by atoms with Gasteiger partial charge in [-0.15, -0.1) is 0 Å². The first-order chi connectivity index (χ1) is 10.2. The van der Waals surface area contributed by atoms with Gasteiger partial charge in [-0.25, -0.2) is 0 Å². The Morgan fingerprint density at radius 2 is 1.76 bits per heavy atom. The molecule has 0 fully saturated rings. The van der Waals surface area contributed by atoms with Crippen molar-refractivity contribution in [3.63, 3.8) is 0 Å². The Bertz CT molecular complexity index is 597. The Kier molecular flexibility index (Phi) is 4.11. The molecule has 1 aliphatic heterocycles. The van der Waals surface area contributed by atoms with E-state index in [2.05, 4.69) is 55.6 Å². The van der Waals surface area contributed by atoms with Crippen LogP contribution in [0.3, 0.4) is 0 Å². The zero-order valence-electron chi connectivity index (χ0n) is 12.5. The zero-order chi connectivity index (χ0) is 14.7. The van der Waals surface area contributed by atoms with Gasteiger partial charge in [0.15, 0.2) is 11.5 Å². The molecule has 0 amide bonds. The van der Waals surface area contributed by atoms with Gasteiger partial charge in [-0.3, -0.25) is 0 Å². The lowest BCUT2D eigenvalue weighted by Gasteiger charge is -2.22. The van der Waals surface area contributed by atoms with Crippen LogP contribution in [0.1, 0.15) is 30.9 Å². The normalized spacial score (nSPS) is 15.7. The van der Waals surface area contributed by atoms with Crippen molar-refractivity contribution in [1.82, 2.24) is 5.32 Å². The molecule has 110 valence electrons. The monoisotopic (exact) mass is 283 g/mol. The van der Waals surface area contributed by atoms with Gasteiger partial charge in [0, 0.05) is 12.6 Å². The molecular formula is C18H21NO2. The van der Waals surface area contributed by atoms with Crippen LogP contribution in [0.4, 0.5) is 0 Å². The maximum absolute atomic E-state index is 5.46. The quantitative estimate of drug-likeness (QED) is 0.907. The van der Waals surface area contributed by atoms with Gasteiger partial charge >= 0.3 is 0 Å². The van der Waals surface area contributed by atoms with E-state index in [1.807, 2.05) is 12.1 Å². The van der Waals surface area contributed by atoms with Crippen LogP contribution in [0, 0.1) is 0 Å². The molecule has 21 heavy (non-hydrogen) atoms. The molecule has 2 aromatic rings. The summed E-state index contributed by atoms with van der Waals surface area (Å²) in [4.78, 5) is 0. The van der Waals surface area contributed by atoms with Crippen molar-refractivity contribution in [2.75, 3.05) is 6.79 Å². The molecule has 1 N–H and O–H groups in total. The van der Waals surface area contributed by atoms with E-state index in [4.69, 9.17) is 9.47 Å². The Morgan fingerprint density at radius 3 is 2.57 bits per heavy atom. The summed E-state index contributed by atoms with van der Waals surface area (Å²) in [6.45, 7) is 5.67. The van der Waals surface area contributed by atoms with Crippen LogP contribution >= 0.6 is 0 Å². The van der Waals surface area contributed by atoms with Crippen LogP contribution in [0.5, 0.6) is 11.5 Å². The molecule has 0 aromatic heterocycles. The summed E-state index contributed by atoms with van der Waals surface area (Å²) in [6, 6.07) is 17.1. The molecule has 2 aromatic carbocycles. The topological polar surface area (TPSA) is 30.5 Å². The average Bonchev–Trinajstić information content (AvgIpc) is 3.00. The zero-order valence-corrected chi connectivity index (χ0v) is 12.5. The summed E-state index contributed by atoms with van der Waals surface area (Å²) in [5.41, 5.74) is 2.58. The third-order valence-corrected chi connectivity index (χ3v) is 4.14. The Balaban J connectivity index is 1.63. The summed E-state index contributed by atoms with van der Waals surface area (Å²) in [5, 5.41) is 3.59. The first-order valence-electron chi connectivity index (χ1n) is 7.41. The summed E-state index contributed by atoms with van der Waals surface area (Å²) in [5.74, 6) is 2.11. The van der Waals surface area contributed by atoms with Gasteiger partial charge < -0.3 is 14.8 Å². The fraction of sp³-hybridized carbons (Fsp3) is 0.333. The van der Waals surface area contributed by atoms with Crippen molar-refractivity contribution < 1.29 is 9.47 Å². The van der Waals surface area contributed by atoms with Crippen LogP contribution in [0.2, 0.25) is 0 Å². The molecule has 0 radical (unpaired) electrons. The highest BCUT2D eigenvalue weighted by molar-refractivity contribution is 5.45. The lowest BCUT2D eigenvalue weighted by Crippen LogP contribution is -2.30. The maximum atomic E-state index is 5.46. The molecule has 0 bridgehead atoms. The molecule has 0 spiro atoms. The highest BCUT2D eigenvalue weighted by atomic mass is 16.7. The van der Waals surface area contributed by atoms with Crippen LogP contribution < -0.4 is 14.8 Å². The van der Waals surface area contributed by atoms with E-state index in [-0.39, 0.29) is 0 Å². The van der Waals surface area contributed by atoms with E-state index in [1.54, 1.807) is 0 Å². The lowest BCUT2D eigenvalue weighted by atomic mass is 9.94. The van der Waals surface area contributed by atoms with E-state index in [1.165, 1.54) is 11.1 Å². The van der Waals surface area contributed by atoms with Crippen LogP contribution in [-0.4, -0.2) is 12.8 Å². The molecular weight excluding hydrogens is 262 g/mol. The fourth-order valence-corrected chi connectivity index (χ4v) is 2.54. The smallest absolute Gasteiger partial charge is 0.231 e. The predicted octanol–water partition coefficient (Wildman–Crippen LogP) is 3.70. The molecule has 1 aliphatic rings. The van der Waals surface area contributed by atoms with Crippen LogP contribution in [0.25, 0.3) is 0 Å². The molecule has 0 aliphatic carbocycles. The second-order valence-electron chi connectivity index (χ2n) is 5.56. The van der Waals surface area contributed by atoms with Crippen molar-refractivity contribution in [3.05, 3.63) is 59.7 Å². The van der Waals surface area contributed by atoms with Gasteiger partial charge in [-0.2, -0.15) is 0 Å². The van der Waals surface area contributed by atoms with Gasteiger partial charge in [0.05, 0.1) is 0 Å². The highest BCUT2D eigenvalue weighted by Crippen LogP contribution is 2.35. The van der Waals surface area contributed by atoms with Crippen LogP contribution in [0.15, 0.2) is 48.5 Å². The van der Waals surface area contributed by atoms with E-state index in [9.17, 15) is 0 Å². The summed E-state index contributed by atoms with van der Waals surface area (Å²) >= 11 is 0. The molecule has 3 nitrogen and oxygen atoms in total. The van der Waals surface area contributed by atoms with Gasteiger partial charge in [-0.1, -0.05) is 43.3 Å². The molecule has 0 saturated heterocycles. The van der Waals surface area contributed by atoms with E-state index < -0.39 is 0 Å². The number of nitrogens with one attached hydrogen (secondary N) is 1. The largest absolute Gasteiger partial charge is 0.454 e. The number of ether oxygens (including phenoxy) is 2. The molecule has 2 atom stereocenters. The Hall–Kier alpha value is -2.00. The van der Waals surface area contributed by atoms with Crippen molar-refractivity contribution in [2.24, 2.45) is 0 Å². The first kappa shape index (κ1) is 14.0. The molecule has 0 saturated carbocycles. The van der Waals surface area contributed by atoms with E-state index >= 15 is 0 Å². The Labute approximate surface area is 125 Å². The maximum Gasteiger partial charge on any atom is 0.231 e. The summed E-state index contributed by atoms with van der Waals surface area (Å²) < 4.78 is 10.8. The summed E-state index contributed by atoms with van der Waals surface area (Å²) in [7, 11) is 0. The number of fused-ring (bicyclic) bond motifs is 1. The number of rotatable bonds is 5. The lowest BCUT2D eigenvalue weighted by molar-refractivity contribution is 0.174. The van der Waals surface area contributed by atoms with Crippen molar-refractivity contribution in [1.29, 1.82) is 0 Å². The number of hydrogen-bond acceptors (Lipinski definition) is 3. The van der Waals surface area contributed by atoms with Gasteiger partial charge in [-0.05, 0) is 36.1 Å². The first-order valence-corrected chi connectivity index (χ1v) is 7.41. The second kappa shape index (κ2) is 6.19. The fourth-order valence-electron chi connectivity index (χ4n) is 2.54. The van der Waals surface area contributed by atoms with Gasteiger partial charge in [0.1, 0.15) is 0 Å². The highest BCUT2D eigenvalue weighted by Gasteiger charge is 2.18. The van der Waals surface area contributed by atoms with Crippen molar-refractivity contribution >= 4 is 0 Å². The number of hydrogen-bond donors (Lipinski definition) is 1. The van der Waals surface area contributed by atoms with Crippen molar-refractivity contribution in [2.45, 2.75) is 32.4 Å². The van der Waals surface area contributed by atoms with Crippen LogP contribution in [-0.2, 0) is 6.54 Å². The molecule has 3 rings (SSSR count). The minimum absolute atomic E-state index is 0.328. The SMILES string of the molecule is C[C@H](NCc1ccccc1)[C@@H](C)c1ccc2c(c1)OCO2. The Morgan fingerprint density at radius 1 is 1.00 bits per heavy atom. The van der Waals surface area contributed by atoms with Gasteiger partial charge in [0.2, 0.25) is 6.79 Å². The minimum Gasteiger partial charge on any atom is -0.454 e. The molecule has 0 unspecified atom stereocenters. The predicted molar refractivity (Wildman–Crippen MR) is 83.7 cm³/mol. The minimum atomic E-state index is 0.328.